The van der Waals surface area contributed by atoms with E-state index in [1.54, 1.807) is 0 Å². The van der Waals surface area contributed by atoms with E-state index in [0.29, 0.717) is 30.6 Å². The molecule has 3 unspecified atom stereocenters. The first-order valence-electron chi connectivity index (χ1n) is 21.7. The molecule has 4 saturated carbocycles. The third kappa shape index (κ3) is 14.8. The minimum Gasteiger partial charge on any atom is -0.480 e. The molecule has 5 rings (SSSR count). The predicted octanol–water partition coefficient (Wildman–Crippen LogP) is 6.49. The van der Waals surface area contributed by atoms with Crippen molar-refractivity contribution in [3.63, 3.8) is 0 Å². The number of thiophene rings is 1. The number of hydrogen-bond donors (Lipinski definition) is 5. The van der Waals surface area contributed by atoms with Crippen LogP contribution in [0.2, 0.25) is 0 Å². The Hall–Kier alpha value is -3.43. The van der Waals surface area contributed by atoms with Crippen molar-refractivity contribution >= 4 is 40.9 Å². The van der Waals surface area contributed by atoms with E-state index < -0.39 is 54.3 Å². The zero-order valence-electron chi connectivity index (χ0n) is 33.5. The molecule has 0 radical (unpaired) electrons. The van der Waals surface area contributed by atoms with Crippen molar-refractivity contribution in [2.75, 3.05) is 13.2 Å². The minimum absolute atomic E-state index is 0.00136. The number of rotatable bonds is 17. The number of amides is 4. The number of hydrogen-bond acceptors (Lipinski definition) is 7. The van der Waals surface area contributed by atoms with Gasteiger partial charge in [0.1, 0.15) is 25.2 Å². The van der Waals surface area contributed by atoms with Gasteiger partial charge in [0.05, 0.1) is 11.0 Å². The van der Waals surface area contributed by atoms with E-state index >= 15 is 0 Å². The van der Waals surface area contributed by atoms with Crippen molar-refractivity contribution < 1.29 is 33.8 Å². The molecular formula is C44H66N4O7S. The molecule has 0 bridgehead atoms. The summed E-state index contributed by atoms with van der Waals surface area (Å²) in [6, 6.07) is 0.537. The molecule has 0 saturated heterocycles. The van der Waals surface area contributed by atoms with E-state index in [9.17, 15) is 29.1 Å². The zero-order valence-corrected chi connectivity index (χ0v) is 34.3. The SMILES string of the molecule is CC1CCC(OCC(=O)NC(C#Cc2cccs2)C(=O)NC(CC2CCC(C3CCCCC3)CC2)C(=O)NC(CCC2CCCCC2)C(=O)NCC(=O)O)CC1. The Morgan fingerprint density at radius 2 is 1.43 bits per heavy atom. The van der Waals surface area contributed by atoms with Gasteiger partial charge < -0.3 is 31.1 Å². The highest BCUT2D eigenvalue weighted by Crippen LogP contribution is 2.41. The Balaban J connectivity index is 1.30. The maximum absolute atomic E-state index is 14.3. The average molecular weight is 795 g/mol. The van der Waals surface area contributed by atoms with E-state index in [1.165, 1.54) is 49.9 Å². The van der Waals surface area contributed by atoms with Crippen LogP contribution in [0.4, 0.5) is 0 Å². The summed E-state index contributed by atoms with van der Waals surface area (Å²) in [5.41, 5.74) is 0. The largest absolute Gasteiger partial charge is 0.480 e. The standard InChI is InChI=1S/C44H66N4O7S/c1-30-14-21-35(22-15-30)55-29-40(49)46-38(25-23-36-13-8-26-56-36)43(53)48-39(27-32-16-19-34(20-17-32)33-11-6-3-7-12-33)44(54)47-37(42(52)45-28-41(50)51)24-18-31-9-4-2-5-10-31/h8,13,26,30-35,37-39H,2-7,9-12,14-22,24,27-29H2,1H3,(H,45,52)(H,46,49)(H,47,54)(H,48,53)(H,50,51). The van der Waals surface area contributed by atoms with Crippen LogP contribution < -0.4 is 21.3 Å². The maximum Gasteiger partial charge on any atom is 0.322 e. The molecule has 0 aliphatic heterocycles. The van der Waals surface area contributed by atoms with Crippen LogP contribution in [0, 0.1) is 41.4 Å². The summed E-state index contributed by atoms with van der Waals surface area (Å²) in [6.07, 6.45) is 21.7. The van der Waals surface area contributed by atoms with E-state index in [1.807, 2.05) is 17.5 Å². The Bertz CT molecular complexity index is 1460. The second-order valence-electron chi connectivity index (χ2n) is 17.2. The van der Waals surface area contributed by atoms with E-state index in [2.05, 4.69) is 40.0 Å². The average Bonchev–Trinajstić information content (AvgIpc) is 3.74. The lowest BCUT2D eigenvalue weighted by Gasteiger charge is -2.37. The second-order valence-corrected chi connectivity index (χ2v) is 18.1. The number of carboxylic acids is 1. The molecule has 56 heavy (non-hydrogen) atoms. The first-order valence-corrected chi connectivity index (χ1v) is 22.6. The van der Waals surface area contributed by atoms with Crippen LogP contribution in [0.15, 0.2) is 17.5 Å². The molecule has 0 aromatic carbocycles. The molecule has 12 heteroatoms. The van der Waals surface area contributed by atoms with Gasteiger partial charge in [-0.1, -0.05) is 102 Å². The molecule has 1 aromatic heterocycles. The third-order valence-electron chi connectivity index (χ3n) is 12.9. The van der Waals surface area contributed by atoms with Gasteiger partial charge in [0, 0.05) is 0 Å². The van der Waals surface area contributed by atoms with Gasteiger partial charge in [-0.05, 0) is 98.8 Å². The summed E-state index contributed by atoms with van der Waals surface area (Å²) in [5.74, 6) is 5.45. The van der Waals surface area contributed by atoms with Crippen LogP contribution in [0.25, 0.3) is 0 Å². The summed E-state index contributed by atoms with van der Waals surface area (Å²) < 4.78 is 5.94. The first-order chi connectivity index (χ1) is 27.1. The van der Waals surface area contributed by atoms with Crippen LogP contribution in [-0.2, 0) is 28.7 Å². The van der Waals surface area contributed by atoms with Crippen molar-refractivity contribution in [2.24, 2.45) is 29.6 Å². The number of nitrogens with one attached hydrogen (secondary N) is 4. The highest BCUT2D eigenvalue weighted by molar-refractivity contribution is 7.10. The fourth-order valence-electron chi connectivity index (χ4n) is 9.48. The summed E-state index contributed by atoms with van der Waals surface area (Å²) in [6.45, 7) is 1.49. The van der Waals surface area contributed by atoms with Gasteiger partial charge in [-0.3, -0.25) is 24.0 Å². The quantitative estimate of drug-likeness (QED) is 0.113. The summed E-state index contributed by atoms with van der Waals surface area (Å²) in [5, 5.41) is 22.3. The minimum atomic E-state index is -1.24. The van der Waals surface area contributed by atoms with Crippen LogP contribution in [0.1, 0.15) is 147 Å². The van der Waals surface area contributed by atoms with Crippen molar-refractivity contribution in [2.45, 2.75) is 166 Å². The van der Waals surface area contributed by atoms with Crippen LogP contribution >= 0.6 is 11.3 Å². The summed E-state index contributed by atoms with van der Waals surface area (Å²) in [7, 11) is 0. The lowest BCUT2D eigenvalue weighted by atomic mass is 9.70. The monoisotopic (exact) mass is 794 g/mol. The third-order valence-corrected chi connectivity index (χ3v) is 13.7. The molecule has 5 N–H and O–H groups in total. The topological polar surface area (TPSA) is 163 Å². The number of carboxylic acid groups (broad SMARTS) is 1. The molecule has 4 aliphatic rings. The van der Waals surface area contributed by atoms with Gasteiger partial charge in [-0.2, -0.15) is 0 Å². The first kappa shape index (κ1) is 43.7. The van der Waals surface area contributed by atoms with Gasteiger partial charge in [-0.15, -0.1) is 11.3 Å². The number of carbonyl (C=O) groups excluding carboxylic acids is 4. The van der Waals surface area contributed by atoms with Crippen LogP contribution in [0.3, 0.4) is 0 Å². The summed E-state index contributed by atoms with van der Waals surface area (Å²) in [4.78, 5) is 67.1. The molecule has 310 valence electrons. The highest BCUT2D eigenvalue weighted by atomic mass is 32.1. The number of aliphatic carboxylic acids is 1. The Labute approximate surface area is 338 Å². The molecule has 11 nitrogen and oxygen atoms in total. The van der Waals surface area contributed by atoms with Crippen LogP contribution in [-0.4, -0.2) is 72.1 Å². The zero-order chi connectivity index (χ0) is 39.7. The maximum atomic E-state index is 14.3. The molecule has 1 aromatic rings. The Morgan fingerprint density at radius 1 is 0.768 bits per heavy atom. The predicted molar refractivity (Wildman–Crippen MR) is 217 cm³/mol. The van der Waals surface area contributed by atoms with Crippen molar-refractivity contribution in [3.8, 4) is 11.8 Å². The van der Waals surface area contributed by atoms with Gasteiger partial charge in [0.25, 0.3) is 5.91 Å². The molecule has 1 heterocycles. The number of ether oxygens (including phenoxy) is 1. The summed E-state index contributed by atoms with van der Waals surface area (Å²) >= 11 is 1.43. The van der Waals surface area contributed by atoms with Crippen molar-refractivity contribution in [1.29, 1.82) is 0 Å². The van der Waals surface area contributed by atoms with E-state index in [0.717, 1.165) is 94.3 Å². The van der Waals surface area contributed by atoms with Gasteiger partial charge in [-0.25, -0.2) is 0 Å². The molecule has 0 spiro atoms. The fourth-order valence-corrected chi connectivity index (χ4v) is 10.1. The van der Waals surface area contributed by atoms with E-state index in [4.69, 9.17) is 4.74 Å². The lowest BCUT2D eigenvalue weighted by Crippen LogP contribution is -2.57. The van der Waals surface area contributed by atoms with Gasteiger partial charge >= 0.3 is 5.97 Å². The van der Waals surface area contributed by atoms with Crippen molar-refractivity contribution in [3.05, 3.63) is 22.4 Å². The lowest BCUT2D eigenvalue weighted by molar-refractivity contribution is -0.138. The Morgan fingerprint density at radius 3 is 2.09 bits per heavy atom. The molecule has 4 fully saturated rings. The highest BCUT2D eigenvalue weighted by Gasteiger charge is 2.35. The Kier molecular flexibility index (Phi) is 18.0. The van der Waals surface area contributed by atoms with E-state index in [-0.39, 0.29) is 18.6 Å². The van der Waals surface area contributed by atoms with Crippen LogP contribution in [0.5, 0.6) is 0 Å². The van der Waals surface area contributed by atoms with Crippen molar-refractivity contribution in [1.82, 2.24) is 21.3 Å². The molecule has 4 aliphatic carbocycles. The molecular weight excluding hydrogens is 729 g/mol. The smallest absolute Gasteiger partial charge is 0.322 e. The second kappa shape index (κ2) is 23.1. The number of carbonyl (C=O) groups is 5. The normalized spacial score (nSPS) is 25.0. The van der Waals surface area contributed by atoms with Gasteiger partial charge in [0.15, 0.2) is 6.04 Å². The molecule has 3 atom stereocenters. The fraction of sp³-hybridized carbons (Fsp3) is 0.750. The molecule has 4 amide bonds. The van der Waals surface area contributed by atoms with Gasteiger partial charge in [0.2, 0.25) is 17.7 Å².